The van der Waals surface area contributed by atoms with E-state index in [1.54, 1.807) is 18.2 Å². The van der Waals surface area contributed by atoms with E-state index < -0.39 is 6.67 Å². The molecule has 0 spiro atoms. The molecule has 2 rings (SSSR count). The molecule has 1 atom stereocenters. The summed E-state index contributed by atoms with van der Waals surface area (Å²) < 4.78 is 23.6. The van der Waals surface area contributed by atoms with Crippen LogP contribution in [0.4, 0.5) is 16.0 Å². The topological polar surface area (TPSA) is 63.4 Å². The summed E-state index contributed by atoms with van der Waals surface area (Å²) in [4.78, 5) is 4.29. The molecule has 0 bridgehead atoms. The first-order chi connectivity index (χ1) is 14.1. The Morgan fingerprint density at radius 3 is 2.76 bits per heavy atom. The highest BCUT2D eigenvalue weighted by Crippen LogP contribution is 2.23. The zero-order valence-corrected chi connectivity index (χ0v) is 18.8. The van der Waals surface area contributed by atoms with Crippen molar-refractivity contribution >= 4 is 23.8 Å². The molecule has 2 heterocycles. The minimum absolute atomic E-state index is 0.202. The number of halogens is 1. The van der Waals surface area contributed by atoms with Gasteiger partial charge in [0.1, 0.15) is 18.3 Å². The van der Waals surface area contributed by atoms with Crippen LogP contribution in [0.5, 0.6) is 0 Å². The van der Waals surface area contributed by atoms with Gasteiger partial charge in [-0.15, -0.1) is 12.8 Å². The van der Waals surface area contributed by atoms with Gasteiger partial charge in [0.05, 0.1) is 11.9 Å². The first kappa shape index (κ1) is 26.8. The lowest BCUT2D eigenvalue weighted by Gasteiger charge is -2.20. The molecular weight excluding hydrogens is 387 g/mol. The second-order valence-corrected chi connectivity index (χ2v) is 7.01. The van der Waals surface area contributed by atoms with Crippen LogP contribution < -0.4 is 10.5 Å². The third-order valence-electron chi connectivity index (χ3n) is 3.81. The molecule has 162 valence electrons. The summed E-state index contributed by atoms with van der Waals surface area (Å²) in [5, 5.41) is 0. The number of alkyl halides is 1. The van der Waals surface area contributed by atoms with Gasteiger partial charge in [-0.3, -0.25) is 0 Å². The van der Waals surface area contributed by atoms with Crippen molar-refractivity contribution in [3.8, 4) is 12.8 Å². The lowest BCUT2D eigenvalue weighted by atomic mass is 10.1. The maximum absolute atomic E-state index is 12.1. The van der Waals surface area contributed by atoms with Crippen LogP contribution in [0.15, 0.2) is 36.1 Å². The lowest BCUT2D eigenvalue weighted by Crippen LogP contribution is -2.20. The molecule has 1 unspecified atom stereocenters. The molecule has 1 aliphatic rings. The van der Waals surface area contributed by atoms with Crippen molar-refractivity contribution in [2.24, 2.45) is 0 Å². The molecule has 1 aliphatic heterocycles. The third-order valence-corrected chi connectivity index (χ3v) is 4.74. The van der Waals surface area contributed by atoms with E-state index in [0.29, 0.717) is 5.82 Å². The average molecular weight is 423 g/mol. The SMILES string of the molecule is C#C.C/C(=C\C=C/CF)OC1CCCN(SNc2cc(C)cc(N)n2)CC1.CC. The second kappa shape index (κ2) is 16.8. The van der Waals surface area contributed by atoms with Crippen molar-refractivity contribution in [2.75, 3.05) is 30.2 Å². The van der Waals surface area contributed by atoms with Gasteiger partial charge in [-0.2, -0.15) is 0 Å². The minimum Gasteiger partial charge on any atom is -0.495 e. The van der Waals surface area contributed by atoms with Crippen molar-refractivity contribution < 1.29 is 9.13 Å². The number of aromatic nitrogens is 1. The van der Waals surface area contributed by atoms with Gasteiger partial charge in [0.25, 0.3) is 0 Å². The van der Waals surface area contributed by atoms with Crippen LogP contribution in [0.3, 0.4) is 0 Å². The summed E-state index contributed by atoms with van der Waals surface area (Å²) in [7, 11) is 0. The van der Waals surface area contributed by atoms with Gasteiger partial charge >= 0.3 is 0 Å². The molecule has 0 aliphatic carbocycles. The monoisotopic (exact) mass is 422 g/mol. The maximum Gasteiger partial charge on any atom is 0.139 e. The maximum atomic E-state index is 12.1. The molecular formula is C22H35FN4OS. The van der Waals surface area contributed by atoms with E-state index >= 15 is 0 Å². The van der Waals surface area contributed by atoms with Crippen molar-refractivity contribution in [1.82, 2.24) is 9.29 Å². The molecule has 0 amide bonds. The van der Waals surface area contributed by atoms with Crippen molar-refractivity contribution in [2.45, 2.75) is 53.1 Å². The van der Waals surface area contributed by atoms with E-state index in [0.717, 1.165) is 49.5 Å². The normalized spacial score (nSPS) is 17.3. The third kappa shape index (κ3) is 12.1. The Labute approximate surface area is 180 Å². The van der Waals surface area contributed by atoms with Crippen LogP contribution in [0.1, 0.15) is 45.6 Å². The van der Waals surface area contributed by atoms with Gasteiger partial charge in [0, 0.05) is 25.2 Å². The number of anilines is 2. The number of aryl methyl sites for hydroxylation is 1. The summed E-state index contributed by atoms with van der Waals surface area (Å²) in [5.41, 5.74) is 6.87. The molecule has 7 heteroatoms. The zero-order valence-electron chi connectivity index (χ0n) is 18.0. The second-order valence-electron chi connectivity index (χ2n) is 6.11. The predicted octanol–water partition coefficient (Wildman–Crippen LogP) is 5.52. The fourth-order valence-electron chi connectivity index (χ4n) is 2.66. The van der Waals surface area contributed by atoms with Gasteiger partial charge in [-0.1, -0.05) is 26.0 Å². The fraction of sp³-hybridized carbons (Fsp3) is 0.500. The number of pyridine rings is 1. The molecule has 0 saturated carbocycles. The Kier molecular flexibility index (Phi) is 15.5. The summed E-state index contributed by atoms with van der Waals surface area (Å²) in [6, 6.07) is 3.83. The highest BCUT2D eigenvalue weighted by Gasteiger charge is 2.18. The molecule has 1 fully saturated rings. The van der Waals surface area contributed by atoms with Gasteiger partial charge in [-0.05, 0) is 56.9 Å². The van der Waals surface area contributed by atoms with Gasteiger partial charge in [0.15, 0.2) is 0 Å². The Morgan fingerprint density at radius 1 is 1.38 bits per heavy atom. The number of rotatable bonds is 7. The number of allylic oxidation sites excluding steroid dienone is 4. The smallest absolute Gasteiger partial charge is 0.139 e. The molecule has 1 aromatic rings. The summed E-state index contributed by atoms with van der Waals surface area (Å²) in [6.07, 6.45) is 16.2. The number of nitrogens with one attached hydrogen (secondary N) is 1. The minimum atomic E-state index is -0.451. The highest BCUT2D eigenvalue weighted by molar-refractivity contribution is 7.98. The number of nitrogen functional groups attached to an aromatic ring is 1. The van der Waals surface area contributed by atoms with Crippen LogP contribution in [0.2, 0.25) is 0 Å². The molecule has 1 saturated heterocycles. The molecule has 1 aromatic heterocycles. The predicted molar refractivity (Wildman–Crippen MR) is 125 cm³/mol. The standard InChI is InChI=1S/C18H27FN4OS.C2H6.C2H2/c1-14-12-17(20)21-18(13-14)22-25-23-10-5-7-16(8-11-23)24-15(2)6-3-4-9-19;2*1-2/h3-4,6,12-13,16H,5,7-11H2,1-2H3,(H3,20,21,22);1-2H3;1-2H/b4-3-,15-6+;;. The Morgan fingerprint density at radius 2 is 2.10 bits per heavy atom. The average Bonchev–Trinajstić information content (AvgIpc) is 2.94. The lowest BCUT2D eigenvalue weighted by molar-refractivity contribution is 0.106. The summed E-state index contributed by atoms with van der Waals surface area (Å²) >= 11 is 1.56. The zero-order chi connectivity index (χ0) is 22.1. The van der Waals surface area contributed by atoms with Crippen LogP contribution in [0.25, 0.3) is 0 Å². The molecule has 29 heavy (non-hydrogen) atoms. The number of terminal acetylenes is 1. The van der Waals surface area contributed by atoms with Gasteiger partial charge < -0.3 is 15.2 Å². The Hall–Kier alpha value is -2.17. The number of nitrogens with zero attached hydrogens (tertiary/aromatic N) is 2. The van der Waals surface area contributed by atoms with Crippen LogP contribution in [-0.2, 0) is 4.74 Å². The number of ether oxygens (including phenoxy) is 1. The largest absolute Gasteiger partial charge is 0.495 e. The van der Waals surface area contributed by atoms with Crippen LogP contribution in [-0.4, -0.2) is 35.2 Å². The Balaban J connectivity index is 0.00000184. The highest BCUT2D eigenvalue weighted by atomic mass is 32.2. The van der Waals surface area contributed by atoms with E-state index in [2.05, 4.69) is 26.9 Å². The fourth-order valence-corrected chi connectivity index (χ4v) is 3.41. The molecule has 3 N–H and O–H groups in total. The molecule has 0 aromatic carbocycles. The molecule has 5 nitrogen and oxygen atoms in total. The first-order valence-corrected chi connectivity index (χ1v) is 10.7. The van der Waals surface area contributed by atoms with Crippen molar-refractivity contribution in [3.05, 3.63) is 41.7 Å². The summed E-state index contributed by atoms with van der Waals surface area (Å²) in [6.45, 7) is 9.38. The van der Waals surface area contributed by atoms with E-state index in [-0.39, 0.29) is 6.10 Å². The number of hydrogen-bond acceptors (Lipinski definition) is 6. The number of nitrogens with two attached hydrogens (primary N) is 1. The van der Waals surface area contributed by atoms with Gasteiger partial charge in [-0.25, -0.2) is 13.7 Å². The molecule has 0 radical (unpaired) electrons. The van der Waals surface area contributed by atoms with Crippen molar-refractivity contribution in [1.29, 1.82) is 0 Å². The quantitative estimate of drug-likeness (QED) is 0.261. The van der Waals surface area contributed by atoms with E-state index in [4.69, 9.17) is 10.5 Å². The summed E-state index contributed by atoms with van der Waals surface area (Å²) in [5.74, 6) is 2.13. The Bertz CT molecular complexity index is 629. The van der Waals surface area contributed by atoms with Crippen molar-refractivity contribution in [3.63, 3.8) is 0 Å². The number of hydrogen-bond donors (Lipinski definition) is 2. The van der Waals surface area contributed by atoms with E-state index in [9.17, 15) is 4.39 Å². The van der Waals surface area contributed by atoms with Crippen LogP contribution in [0, 0.1) is 19.8 Å². The van der Waals surface area contributed by atoms with Crippen LogP contribution >= 0.6 is 12.1 Å². The van der Waals surface area contributed by atoms with Gasteiger partial charge in [0.2, 0.25) is 0 Å². The van der Waals surface area contributed by atoms with E-state index in [1.165, 1.54) is 6.08 Å². The van der Waals surface area contributed by atoms with E-state index in [1.807, 2.05) is 45.9 Å². The first-order valence-electron chi connectivity index (χ1n) is 9.88.